The predicted molar refractivity (Wildman–Crippen MR) is 239 cm³/mol. The average molecular weight is 815 g/mol. The van der Waals surface area contributed by atoms with E-state index in [-0.39, 0.29) is 19.4 Å². The molecule has 0 aliphatic carbocycles. The van der Waals surface area contributed by atoms with E-state index in [2.05, 4.69) is 116 Å². The second-order valence-electron chi connectivity index (χ2n) is 14.1. The highest BCUT2D eigenvalue weighted by Crippen LogP contribution is 2.42. The molecule has 0 heterocycles. The molecule has 0 fully saturated rings. The number of hydrogen-bond donors (Lipinski definition) is 1. The minimum Gasteiger partial charge on any atom is -0.462 e. The van der Waals surface area contributed by atoms with Crippen LogP contribution < -0.4 is 0 Å². The van der Waals surface area contributed by atoms with E-state index in [1.54, 1.807) is 0 Å². The van der Waals surface area contributed by atoms with Crippen LogP contribution in [0.25, 0.3) is 0 Å². The van der Waals surface area contributed by atoms with Crippen molar-refractivity contribution in [3.8, 4) is 0 Å². The van der Waals surface area contributed by atoms with Gasteiger partial charge < -0.3 is 14.4 Å². The van der Waals surface area contributed by atoms with Crippen LogP contribution in [0.15, 0.2) is 97.2 Å². The zero-order valence-electron chi connectivity index (χ0n) is 36.0. The third-order valence-electron chi connectivity index (χ3n) is 8.81. The molecule has 324 valence electrons. The summed E-state index contributed by atoms with van der Waals surface area (Å²) in [6, 6.07) is 0. The Bertz CT molecular complexity index is 1240. The molecule has 2 unspecified atom stereocenters. The highest BCUT2D eigenvalue weighted by molar-refractivity contribution is 7.47. The zero-order valence-corrected chi connectivity index (χ0v) is 36.8. The zero-order chi connectivity index (χ0) is 41.8. The number of allylic oxidation sites excluding steroid dienone is 16. The molecule has 0 amide bonds. The standard InChI is InChI=1S/C48H79O8P/c1-4-6-8-10-12-14-16-18-20-22-24-26-28-30-32-34-36-38-40-42-47(49)54-44-46(45-55-57(51,52)53-3)56-48(50)43-41-39-37-35-33-31-29-27-25-23-21-19-17-15-13-11-9-7-5-2/h7,9,12-15,18-21,24-27,31,33,46H,4-6,8,10-11,16-17,22-23,28-30,32,34-45H2,1-3H3,(H,51,52)/b9-7-,14-12-,15-13-,20-18-,21-19-,26-24-,27-25-,33-31-. The van der Waals surface area contributed by atoms with Gasteiger partial charge in [0.15, 0.2) is 6.10 Å². The minimum atomic E-state index is -4.28. The normalized spacial score (nSPS) is 14.2. The molecule has 0 aliphatic rings. The molecule has 8 nitrogen and oxygen atoms in total. The predicted octanol–water partition coefficient (Wildman–Crippen LogP) is 14.1. The van der Waals surface area contributed by atoms with Crippen LogP contribution in [0.2, 0.25) is 0 Å². The summed E-state index contributed by atoms with van der Waals surface area (Å²) >= 11 is 0. The Balaban J connectivity index is 4.11. The van der Waals surface area contributed by atoms with Gasteiger partial charge in [0.25, 0.3) is 0 Å². The second kappa shape index (κ2) is 42.6. The number of esters is 2. The topological polar surface area (TPSA) is 108 Å². The van der Waals surface area contributed by atoms with E-state index in [4.69, 9.17) is 14.0 Å². The lowest BCUT2D eigenvalue weighted by atomic mass is 10.1. The molecule has 0 aromatic carbocycles. The van der Waals surface area contributed by atoms with Crippen molar-refractivity contribution in [2.45, 2.75) is 174 Å². The molecule has 0 aromatic heterocycles. The molecular weight excluding hydrogens is 735 g/mol. The van der Waals surface area contributed by atoms with Crippen LogP contribution in [0.4, 0.5) is 0 Å². The lowest BCUT2D eigenvalue weighted by Gasteiger charge is -2.19. The van der Waals surface area contributed by atoms with Crippen LogP contribution in [0.3, 0.4) is 0 Å². The summed E-state index contributed by atoms with van der Waals surface area (Å²) in [7, 11) is -3.23. The number of phosphoric ester groups is 1. The minimum absolute atomic E-state index is 0.197. The molecule has 1 N–H and O–H groups in total. The summed E-state index contributed by atoms with van der Waals surface area (Å²) in [5, 5.41) is 0. The number of ether oxygens (including phenoxy) is 2. The van der Waals surface area contributed by atoms with E-state index in [1.165, 1.54) is 38.5 Å². The Morgan fingerprint density at radius 2 is 0.895 bits per heavy atom. The summed E-state index contributed by atoms with van der Waals surface area (Å²) in [5.74, 6) is -0.865. The summed E-state index contributed by atoms with van der Waals surface area (Å²) in [6.07, 6.45) is 57.4. The average Bonchev–Trinajstić information content (AvgIpc) is 3.20. The lowest BCUT2D eigenvalue weighted by Crippen LogP contribution is -2.29. The molecule has 0 spiro atoms. The monoisotopic (exact) mass is 815 g/mol. The molecule has 0 saturated carbocycles. The fourth-order valence-electron chi connectivity index (χ4n) is 5.45. The molecule has 0 radical (unpaired) electrons. The maximum atomic E-state index is 12.5. The first-order valence-corrected chi connectivity index (χ1v) is 23.4. The molecule has 0 bridgehead atoms. The van der Waals surface area contributed by atoms with Gasteiger partial charge in [-0.3, -0.25) is 18.6 Å². The van der Waals surface area contributed by atoms with Crippen LogP contribution in [0.1, 0.15) is 168 Å². The summed E-state index contributed by atoms with van der Waals surface area (Å²) < 4.78 is 32.0. The maximum absolute atomic E-state index is 12.5. The van der Waals surface area contributed by atoms with E-state index < -0.39 is 32.5 Å². The fraction of sp³-hybridized carbons (Fsp3) is 0.625. The Kier molecular flexibility index (Phi) is 40.3. The summed E-state index contributed by atoms with van der Waals surface area (Å²) in [6.45, 7) is 3.70. The molecule has 0 saturated heterocycles. The maximum Gasteiger partial charge on any atom is 0.472 e. The fourth-order valence-corrected chi connectivity index (χ4v) is 5.91. The number of carbonyl (C=O) groups is 2. The van der Waals surface area contributed by atoms with Gasteiger partial charge >= 0.3 is 19.8 Å². The van der Waals surface area contributed by atoms with E-state index in [1.807, 2.05) is 0 Å². The first kappa shape index (κ1) is 54.0. The Morgan fingerprint density at radius 1 is 0.509 bits per heavy atom. The van der Waals surface area contributed by atoms with Crippen molar-refractivity contribution < 1.29 is 37.6 Å². The van der Waals surface area contributed by atoms with Crippen molar-refractivity contribution in [3.05, 3.63) is 97.2 Å². The highest BCUT2D eigenvalue weighted by Gasteiger charge is 2.24. The van der Waals surface area contributed by atoms with Crippen molar-refractivity contribution in [1.82, 2.24) is 0 Å². The molecule has 2 atom stereocenters. The van der Waals surface area contributed by atoms with Gasteiger partial charge in [0.05, 0.1) is 6.61 Å². The number of unbranched alkanes of at least 4 members (excludes halogenated alkanes) is 12. The summed E-state index contributed by atoms with van der Waals surface area (Å²) in [5.41, 5.74) is 0. The third-order valence-corrected chi connectivity index (χ3v) is 9.75. The molecule has 0 aromatic rings. The number of rotatable bonds is 39. The lowest BCUT2D eigenvalue weighted by molar-refractivity contribution is -0.161. The van der Waals surface area contributed by atoms with E-state index in [0.29, 0.717) is 6.42 Å². The van der Waals surface area contributed by atoms with Gasteiger partial charge in [-0.1, -0.05) is 156 Å². The molecule has 0 rings (SSSR count). The quantitative estimate of drug-likeness (QED) is 0.0283. The SMILES string of the molecule is CC/C=C\C/C=C\C/C=C\C/C=C\C/C=C\CCCCCC(=O)OC(COC(=O)CCCCCCCC/C=C\C/C=C\C/C=C\CCCCC)COP(=O)(O)OC. The van der Waals surface area contributed by atoms with Gasteiger partial charge in [-0.25, -0.2) is 4.57 Å². The smallest absolute Gasteiger partial charge is 0.462 e. The largest absolute Gasteiger partial charge is 0.472 e. The summed E-state index contributed by atoms with van der Waals surface area (Å²) in [4.78, 5) is 34.5. The molecular formula is C48H79O8P. The second-order valence-corrected chi connectivity index (χ2v) is 15.7. The molecule has 9 heteroatoms. The Labute approximate surface area is 347 Å². The van der Waals surface area contributed by atoms with E-state index in [9.17, 15) is 19.0 Å². The number of hydrogen-bond acceptors (Lipinski definition) is 7. The van der Waals surface area contributed by atoms with Crippen LogP contribution in [0, 0.1) is 0 Å². The van der Waals surface area contributed by atoms with Crippen LogP contribution in [0.5, 0.6) is 0 Å². The van der Waals surface area contributed by atoms with Crippen LogP contribution in [-0.2, 0) is 32.7 Å². The van der Waals surface area contributed by atoms with Gasteiger partial charge in [0.2, 0.25) is 0 Å². The van der Waals surface area contributed by atoms with Crippen molar-refractivity contribution in [3.63, 3.8) is 0 Å². The van der Waals surface area contributed by atoms with Crippen molar-refractivity contribution >= 4 is 19.8 Å². The van der Waals surface area contributed by atoms with E-state index >= 15 is 0 Å². The van der Waals surface area contributed by atoms with Crippen LogP contribution in [-0.4, -0.2) is 43.3 Å². The van der Waals surface area contributed by atoms with Crippen molar-refractivity contribution in [2.24, 2.45) is 0 Å². The Morgan fingerprint density at radius 3 is 1.35 bits per heavy atom. The molecule has 0 aliphatic heterocycles. The van der Waals surface area contributed by atoms with Gasteiger partial charge in [-0.2, -0.15) is 0 Å². The Hall–Kier alpha value is -3.03. The van der Waals surface area contributed by atoms with Crippen molar-refractivity contribution in [2.75, 3.05) is 20.3 Å². The first-order chi connectivity index (χ1) is 27.8. The van der Waals surface area contributed by atoms with E-state index in [0.717, 1.165) is 103 Å². The first-order valence-electron chi connectivity index (χ1n) is 21.9. The van der Waals surface area contributed by atoms with Gasteiger partial charge in [0, 0.05) is 20.0 Å². The van der Waals surface area contributed by atoms with Gasteiger partial charge in [-0.15, -0.1) is 0 Å². The number of carbonyl (C=O) groups excluding carboxylic acids is 2. The number of phosphoric acid groups is 1. The van der Waals surface area contributed by atoms with Gasteiger partial charge in [-0.05, 0) is 96.3 Å². The molecule has 57 heavy (non-hydrogen) atoms. The van der Waals surface area contributed by atoms with Gasteiger partial charge in [0.1, 0.15) is 6.61 Å². The van der Waals surface area contributed by atoms with Crippen molar-refractivity contribution in [1.29, 1.82) is 0 Å². The van der Waals surface area contributed by atoms with Crippen LogP contribution >= 0.6 is 7.82 Å². The highest BCUT2D eigenvalue weighted by atomic mass is 31.2. The third kappa shape index (κ3) is 42.4.